The number of carbonyl (C=O) groups is 2. The van der Waals surface area contributed by atoms with Gasteiger partial charge in [-0.3, -0.25) is 4.79 Å². The van der Waals surface area contributed by atoms with Gasteiger partial charge in [0.05, 0.1) is 10.6 Å². The van der Waals surface area contributed by atoms with Crippen molar-refractivity contribution in [2.75, 3.05) is 6.54 Å². The number of carbonyl (C=O) groups excluding carboxylic acids is 1. The number of hydrogen-bond acceptors (Lipinski definition) is 2. The van der Waals surface area contributed by atoms with Crippen LogP contribution in [0.4, 0.5) is 4.39 Å². The summed E-state index contributed by atoms with van der Waals surface area (Å²) in [7, 11) is 0. The molecule has 114 valence electrons. The number of halogens is 2. The van der Waals surface area contributed by atoms with Gasteiger partial charge in [-0.15, -0.1) is 0 Å². The Bertz CT molecular complexity index is 588. The van der Waals surface area contributed by atoms with Crippen molar-refractivity contribution in [1.29, 1.82) is 0 Å². The molecule has 0 spiro atoms. The fraction of sp³-hybridized carbons (Fsp3) is 0.467. The summed E-state index contributed by atoms with van der Waals surface area (Å²) in [5.41, 5.74) is -0.542. The van der Waals surface area contributed by atoms with Crippen LogP contribution in [0.1, 0.15) is 37.0 Å². The van der Waals surface area contributed by atoms with E-state index in [-0.39, 0.29) is 10.6 Å². The Kier molecular flexibility index (Phi) is 4.23. The number of aliphatic carboxylic acids is 1. The first-order chi connectivity index (χ1) is 9.75. The van der Waals surface area contributed by atoms with Gasteiger partial charge in [0.2, 0.25) is 0 Å². The van der Waals surface area contributed by atoms with Gasteiger partial charge < -0.3 is 10.0 Å². The fourth-order valence-corrected chi connectivity index (χ4v) is 3.11. The Morgan fingerprint density at radius 2 is 2.10 bits per heavy atom. The van der Waals surface area contributed by atoms with E-state index in [2.05, 4.69) is 0 Å². The first-order valence-corrected chi connectivity index (χ1v) is 7.11. The van der Waals surface area contributed by atoms with Crippen LogP contribution in [-0.2, 0) is 4.79 Å². The fourth-order valence-electron chi connectivity index (χ4n) is 2.90. The van der Waals surface area contributed by atoms with Gasteiger partial charge in [0.25, 0.3) is 5.91 Å². The molecule has 1 N–H and O–H groups in total. The number of hydrogen-bond donors (Lipinski definition) is 1. The molecule has 1 aromatic rings. The molecule has 1 aromatic carbocycles. The van der Waals surface area contributed by atoms with E-state index in [1.165, 1.54) is 17.0 Å². The van der Waals surface area contributed by atoms with Gasteiger partial charge in [-0.2, -0.15) is 0 Å². The average molecular weight is 314 g/mol. The smallest absolute Gasteiger partial charge is 0.326 e. The summed E-state index contributed by atoms with van der Waals surface area (Å²) in [6.07, 6.45) is 1.42. The Balaban J connectivity index is 2.41. The Morgan fingerprint density at radius 3 is 2.71 bits per heavy atom. The van der Waals surface area contributed by atoms with Crippen LogP contribution in [-0.4, -0.2) is 34.5 Å². The minimum Gasteiger partial charge on any atom is -0.480 e. The third-order valence-corrected chi connectivity index (χ3v) is 4.33. The summed E-state index contributed by atoms with van der Waals surface area (Å²) in [6, 6.07) is 3.01. The second kappa shape index (κ2) is 5.64. The highest BCUT2D eigenvalue weighted by Crippen LogP contribution is 2.36. The van der Waals surface area contributed by atoms with Crippen molar-refractivity contribution in [2.45, 2.75) is 32.7 Å². The monoisotopic (exact) mass is 313 g/mol. The highest BCUT2D eigenvalue weighted by molar-refractivity contribution is 6.34. The van der Waals surface area contributed by atoms with E-state index in [9.17, 15) is 19.1 Å². The van der Waals surface area contributed by atoms with Gasteiger partial charge in [-0.05, 0) is 30.4 Å². The van der Waals surface area contributed by atoms with E-state index >= 15 is 0 Å². The van der Waals surface area contributed by atoms with Crippen LogP contribution >= 0.6 is 11.6 Å². The van der Waals surface area contributed by atoms with Crippen LogP contribution in [0.2, 0.25) is 5.02 Å². The predicted molar refractivity (Wildman–Crippen MR) is 76.9 cm³/mol. The molecular formula is C15H17ClFNO3. The molecule has 0 aliphatic carbocycles. The van der Waals surface area contributed by atoms with Gasteiger partial charge in [0.1, 0.15) is 11.9 Å². The van der Waals surface area contributed by atoms with Crippen LogP contribution in [0, 0.1) is 11.2 Å². The molecule has 0 bridgehead atoms. The number of carboxylic acids is 1. The van der Waals surface area contributed by atoms with Gasteiger partial charge >= 0.3 is 5.97 Å². The number of likely N-dealkylation sites (tertiary alicyclic amines) is 1. The SMILES string of the molecule is CC1(C)CCCN(C(=O)c2cccc(F)c2Cl)C1C(=O)O. The number of amides is 1. The van der Waals surface area contributed by atoms with E-state index in [1.54, 1.807) is 0 Å². The summed E-state index contributed by atoms with van der Waals surface area (Å²) in [6.45, 7) is 3.96. The number of carboxylic acid groups (broad SMARTS) is 1. The average Bonchev–Trinajstić information content (AvgIpc) is 2.39. The van der Waals surface area contributed by atoms with E-state index in [4.69, 9.17) is 11.6 Å². The maximum absolute atomic E-state index is 13.5. The zero-order valence-corrected chi connectivity index (χ0v) is 12.7. The van der Waals surface area contributed by atoms with Crippen LogP contribution in [0.25, 0.3) is 0 Å². The first kappa shape index (κ1) is 15.8. The maximum Gasteiger partial charge on any atom is 0.326 e. The summed E-state index contributed by atoms with van der Waals surface area (Å²) in [4.78, 5) is 25.4. The van der Waals surface area contributed by atoms with E-state index in [0.717, 1.165) is 6.07 Å². The van der Waals surface area contributed by atoms with Crippen molar-refractivity contribution >= 4 is 23.5 Å². The molecule has 1 aliphatic rings. The topological polar surface area (TPSA) is 57.6 Å². The van der Waals surface area contributed by atoms with Crippen LogP contribution in [0.15, 0.2) is 18.2 Å². The minimum absolute atomic E-state index is 0.000571. The number of nitrogens with zero attached hydrogens (tertiary/aromatic N) is 1. The van der Waals surface area contributed by atoms with Gasteiger partial charge in [-0.1, -0.05) is 31.5 Å². The lowest BCUT2D eigenvalue weighted by molar-refractivity contribution is -0.148. The lowest BCUT2D eigenvalue weighted by Gasteiger charge is -2.44. The third kappa shape index (κ3) is 2.88. The summed E-state index contributed by atoms with van der Waals surface area (Å²) >= 11 is 5.84. The minimum atomic E-state index is -1.06. The standard InChI is InChI=1S/C15H17ClFNO3/c1-15(2)7-4-8-18(12(15)14(20)21)13(19)9-5-3-6-10(17)11(9)16/h3,5-6,12H,4,7-8H2,1-2H3,(H,20,21). The molecule has 0 aromatic heterocycles. The van der Waals surface area contributed by atoms with Crippen LogP contribution < -0.4 is 0 Å². The van der Waals surface area contributed by atoms with Crippen molar-refractivity contribution in [3.05, 3.63) is 34.6 Å². The molecule has 2 rings (SSSR count). The molecule has 0 radical (unpaired) electrons. The van der Waals surface area contributed by atoms with Crippen molar-refractivity contribution in [3.8, 4) is 0 Å². The second-order valence-electron chi connectivity index (χ2n) is 5.93. The third-order valence-electron chi connectivity index (χ3n) is 3.95. The second-order valence-corrected chi connectivity index (χ2v) is 6.31. The first-order valence-electron chi connectivity index (χ1n) is 6.73. The molecule has 6 heteroatoms. The Morgan fingerprint density at radius 1 is 1.43 bits per heavy atom. The van der Waals surface area contributed by atoms with E-state index in [0.29, 0.717) is 19.4 Å². The molecule has 1 aliphatic heterocycles. The van der Waals surface area contributed by atoms with Crippen molar-refractivity contribution in [1.82, 2.24) is 4.90 Å². The van der Waals surface area contributed by atoms with Crippen molar-refractivity contribution in [3.63, 3.8) is 0 Å². The largest absolute Gasteiger partial charge is 0.480 e. The summed E-state index contributed by atoms with van der Waals surface area (Å²) in [5.74, 6) is -2.29. The van der Waals surface area contributed by atoms with Crippen molar-refractivity contribution < 1.29 is 19.1 Å². The molecule has 1 unspecified atom stereocenters. The zero-order chi connectivity index (χ0) is 15.8. The molecule has 1 amide bonds. The molecule has 1 saturated heterocycles. The lowest BCUT2D eigenvalue weighted by Crippen LogP contribution is -2.56. The molecule has 1 heterocycles. The van der Waals surface area contributed by atoms with Crippen LogP contribution in [0.3, 0.4) is 0 Å². The quantitative estimate of drug-likeness (QED) is 0.912. The van der Waals surface area contributed by atoms with E-state index in [1.807, 2.05) is 13.8 Å². The predicted octanol–water partition coefficient (Wildman–Crippen LogP) is 3.19. The maximum atomic E-state index is 13.5. The molecule has 0 saturated carbocycles. The van der Waals surface area contributed by atoms with E-state index < -0.39 is 29.2 Å². The Hall–Kier alpha value is -1.62. The molecular weight excluding hydrogens is 297 g/mol. The van der Waals surface area contributed by atoms with Crippen LogP contribution in [0.5, 0.6) is 0 Å². The molecule has 1 atom stereocenters. The summed E-state index contributed by atoms with van der Waals surface area (Å²) in [5, 5.41) is 9.19. The van der Waals surface area contributed by atoms with Gasteiger partial charge in [-0.25, -0.2) is 9.18 Å². The number of benzene rings is 1. The number of rotatable bonds is 2. The zero-order valence-electron chi connectivity index (χ0n) is 11.9. The number of piperidine rings is 1. The molecule has 1 fully saturated rings. The Labute approximate surface area is 127 Å². The lowest BCUT2D eigenvalue weighted by atomic mass is 9.76. The highest BCUT2D eigenvalue weighted by Gasteiger charge is 2.45. The highest BCUT2D eigenvalue weighted by atomic mass is 35.5. The normalized spacial score (nSPS) is 21.1. The summed E-state index contributed by atoms with van der Waals surface area (Å²) < 4.78 is 13.5. The molecule has 4 nitrogen and oxygen atoms in total. The van der Waals surface area contributed by atoms with Crippen molar-refractivity contribution in [2.24, 2.45) is 5.41 Å². The molecule has 21 heavy (non-hydrogen) atoms. The van der Waals surface area contributed by atoms with Gasteiger partial charge in [0, 0.05) is 6.54 Å². The van der Waals surface area contributed by atoms with Gasteiger partial charge in [0.15, 0.2) is 0 Å².